The lowest BCUT2D eigenvalue weighted by Crippen LogP contribution is -2.15. The van der Waals surface area contributed by atoms with Crippen molar-refractivity contribution in [2.24, 2.45) is 0 Å². The fourth-order valence-electron chi connectivity index (χ4n) is 2.61. The van der Waals surface area contributed by atoms with Crippen LogP contribution in [-0.4, -0.2) is 11.5 Å². The van der Waals surface area contributed by atoms with Gasteiger partial charge in [0.05, 0.1) is 15.8 Å². The number of halogens is 4. The summed E-state index contributed by atoms with van der Waals surface area (Å²) in [5.41, 5.74) is 2.23. The Hall–Kier alpha value is -1.83. The minimum Gasteiger partial charge on any atom is -0.313 e. The highest BCUT2D eigenvalue weighted by Gasteiger charge is 2.29. The molecule has 3 rings (SSSR count). The van der Waals surface area contributed by atoms with Crippen molar-refractivity contribution in [2.75, 3.05) is 6.54 Å². The van der Waals surface area contributed by atoms with Crippen LogP contribution in [-0.2, 0) is 19.1 Å². The van der Waals surface area contributed by atoms with Gasteiger partial charge in [-0.05, 0) is 54.8 Å². The number of hydrogen-bond donors (Lipinski definition) is 2. The highest BCUT2D eigenvalue weighted by molar-refractivity contribution is 7.16. The van der Waals surface area contributed by atoms with E-state index in [1.165, 1.54) is 29.0 Å². The molecule has 0 bridgehead atoms. The summed E-state index contributed by atoms with van der Waals surface area (Å²) in [6.45, 7) is 1.30. The van der Waals surface area contributed by atoms with Gasteiger partial charge in [-0.1, -0.05) is 29.5 Å². The van der Waals surface area contributed by atoms with Crippen molar-refractivity contribution in [1.29, 1.82) is 0 Å². The molecule has 0 radical (unpaired) electrons. The SMILES string of the molecule is Cl.O=c1[nH]c2ccc(CCCNCc3ccc(C(F)(F)F)cc3)cc2s1. The largest absolute Gasteiger partial charge is 0.416 e. The number of benzene rings is 2. The van der Waals surface area contributed by atoms with Gasteiger partial charge in [-0.25, -0.2) is 0 Å². The highest BCUT2D eigenvalue weighted by atomic mass is 35.5. The van der Waals surface area contributed by atoms with Gasteiger partial charge >= 0.3 is 11.0 Å². The minimum atomic E-state index is -4.29. The fourth-order valence-corrected chi connectivity index (χ4v) is 3.41. The first-order chi connectivity index (χ1) is 11.9. The van der Waals surface area contributed by atoms with Crippen LogP contribution in [0.25, 0.3) is 10.2 Å². The van der Waals surface area contributed by atoms with E-state index in [0.717, 1.165) is 47.3 Å². The molecule has 0 amide bonds. The monoisotopic (exact) mass is 402 g/mol. The van der Waals surface area contributed by atoms with E-state index in [9.17, 15) is 18.0 Å². The van der Waals surface area contributed by atoms with E-state index in [4.69, 9.17) is 0 Å². The lowest BCUT2D eigenvalue weighted by atomic mass is 10.1. The zero-order valence-electron chi connectivity index (χ0n) is 13.7. The molecule has 3 nitrogen and oxygen atoms in total. The van der Waals surface area contributed by atoms with E-state index < -0.39 is 11.7 Å². The molecule has 0 aliphatic rings. The molecule has 0 aliphatic carbocycles. The van der Waals surface area contributed by atoms with Gasteiger partial charge in [0.25, 0.3) is 0 Å². The van der Waals surface area contributed by atoms with Crippen molar-refractivity contribution in [3.63, 3.8) is 0 Å². The van der Waals surface area contributed by atoms with E-state index in [2.05, 4.69) is 10.3 Å². The van der Waals surface area contributed by atoms with Crippen molar-refractivity contribution in [2.45, 2.75) is 25.6 Å². The van der Waals surface area contributed by atoms with Crippen molar-refractivity contribution < 1.29 is 13.2 Å². The molecule has 2 N–H and O–H groups in total. The van der Waals surface area contributed by atoms with Gasteiger partial charge in [-0.2, -0.15) is 13.2 Å². The van der Waals surface area contributed by atoms with Gasteiger partial charge in [0.1, 0.15) is 0 Å². The van der Waals surface area contributed by atoms with Gasteiger partial charge in [-0.3, -0.25) is 4.79 Å². The third kappa shape index (κ3) is 5.33. The maximum Gasteiger partial charge on any atom is 0.416 e. The van der Waals surface area contributed by atoms with Gasteiger partial charge in [0.15, 0.2) is 0 Å². The number of aromatic nitrogens is 1. The molecule has 1 heterocycles. The number of thiazole rings is 1. The summed E-state index contributed by atoms with van der Waals surface area (Å²) in [6.07, 6.45) is -2.51. The molecular weight excluding hydrogens is 385 g/mol. The predicted octanol–water partition coefficient (Wildman–Crippen LogP) is 4.75. The number of rotatable bonds is 6. The highest BCUT2D eigenvalue weighted by Crippen LogP contribution is 2.29. The van der Waals surface area contributed by atoms with Crippen LogP contribution < -0.4 is 10.2 Å². The quantitative estimate of drug-likeness (QED) is 0.584. The summed E-state index contributed by atoms with van der Waals surface area (Å²) in [5.74, 6) is 0. The predicted molar refractivity (Wildman–Crippen MR) is 101 cm³/mol. The Kier molecular flexibility index (Phi) is 6.86. The normalized spacial score (nSPS) is 11.5. The number of nitrogens with one attached hydrogen (secondary N) is 2. The van der Waals surface area contributed by atoms with Crippen LogP contribution in [0.1, 0.15) is 23.1 Å². The van der Waals surface area contributed by atoms with Crippen molar-refractivity contribution in [3.05, 3.63) is 68.8 Å². The lowest BCUT2D eigenvalue weighted by Gasteiger charge is -2.08. The fraction of sp³-hybridized carbons (Fsp3) is 0.278. The molecule has 0 spiro atoms. The average Bonchev–Trinajstić information content (AvgIpc) is 2.93. The topological polar surface area (TPSA) is 44.9 Å². The Bertz CT molecular complexity index is 903. The molecule has 2 aromatic carbocycles. The molecule has 0 aliphatic heterocycles. The van der Waals surface area contributed by atoms with E-state index in [-0.39, 0.29) is 17.3 Å². The standard InChI is InChI=1S/C18H17F3N2OS.ClH/c19-18(20,21)14-6-3-13(4-7-14)11-22-9-1-2-12-5-8-15-16(10-12)25-17(24)23-15;/h3-8,10,22H,1-2,9,11H2,(H,23,24);1H. The lowest BCUT2D eigenvalue weighted by molar-refractivity contribution is -0.137. The molecule has 8 heteroatoms. The number of aromatic amines is 1. The van der Waals surface area contributed by atoms with E-state index in [1.54, 1.807) is 0 Å². The van der Waals surface area contributed by atoms with Crippen LogP contribution >= 0.6 is 23.7 Å². The number of H-pyrrole nitrogens is 1. The zero-order valence-corrected chi connectivity index (χ0v) is 15.4. The molecule has 0 atom stereocenters. The summed E-state index contributed by atoms with van der Waals surface area (Å²) in [5, 5.41) is 3.24. The molecule has 0 fully saturated rings. The number of aryl methyl sites for hydroxylation is 1. The smallest absolute Gasteiger partial charge is 0.313 e. The summed E-state index contributed by atoms with van der Waals surface area (Å²) in [7, 11) is 0. The van der Waals surface area contributed by atoms with Gasteiger partial charge < -0.3 is 10.3 Å². The number of fused-ring (bicyclic) bond motifs is 1. The minimum absolute atomic E-state index is 0. The second-order valence-corrected chi connectivity index (χ2v) is 6.83. The summed E-state index contributed by atoms with van der Waals surface area (Å²) < 4.78 is 38.5. The first kappa shape index (κ1) is 20.5. The van der Waals surface area contributed by atoms with Crippen LogP contribution in [0.3, 0.4) is 0 Å². The molecule has 26 heavy (non-hydrogen) atoms. The summed E-state index contributed by atoms with van der Waals surface area (Å²) in [6, 6.07) is 11.1. The Labute approximate surface area is 158 Å². The van der Waals surface area contributed by atoms with Crippen molar-refractivity contribution >= 4 is 34.0 Å². The van der Waals surface area contributed by atoms with Crippen LogP contribution in [0, 0.1) is 0 Å². The van der Waals surface area contributed by atoms with E-state index in [0.29, 0.717) is 6.54 Å². The van der Waals surface area contributed by atoms with Crippen LogP contribution in [0.15, 0.2) is 47.3 Å². The van der Waals surface area contributed by atoms with Crippen LogP contribution in [0.2, 0.25) is 0 Å². The number of hydrogen-bond acceptors (Lipinski definition) is 3. The Morgan fingerprint density at radius 2 is 1.73 bits per heavy atom. The maximum absolute atomic E-state index is 12.5. The number of alkyl halides is 3. The van der Waals surface area contributed by atoms with Gasteiger partial charge in [0, 0.05) is 6.54 Å². The van der Waals surface area contributed by atoms with Gasteiger partial charge in [0.2, 0.25) is 0 Å². The Morgan fingerprint density at radius 3 is 2.42 bits per heavy atom. The molecular formula is C18H18ClF3N2OS. The van der Waals surface area contributed by atoms with Crippen molar-refractivity contribution in [1.82, 2.24) is 10.3 Å². The second-order valence-electron chi connectivity index (χ2n) is 5.82. The first-order valence-electron chi connectivity index (χ1n) is 7.90. The second kappa shape index (κ2) is 8.70. The molecule has 0 unspecified atom stereocenters. The summed E-state index contributed by atoms with van der Waals surface area (Å²) in [4.78, 5) is 14.0. The average molecular weight is 403 g/mol. The Morgan fingerprint density at radius 1 is 1.04 bits per heavy atom. The van der Waals surface area contributed by atoms with Crippen molar-refractivity contribution in [3.8, 4) is 0 Å². The summed E-state index contributed by atoms with van der Waals surface area (Å²) >= 11 is 1.20. The molecule has 140 valence electrons. The van der Waals surface area contributed by atoms with E-state index in [1.807, 2.05) is 18.2 Å². The third-order valence-corrected chi connectivity index (χ3v) is 4.76. The molecule has 3 aromatic rings. The van der Waals surface area contributed by atoms with E-state index >= 15 is 0 Å². The molecule has 0 saturated carbocycles. The molecule has 1 aromatic heterocycles. The maximum atomic E-state index is 12.5. The van der Waals surface area contributed by atoms with Crippen LogP contribution in [0.4, 0.5) is 13.2 Å². The molecule has 0 saturated heterocycles. The van der Waals surface area contributed by atoms with Gasteiger partial charge in [-0.15, -0.1) is 12.4 Å². The zero-order chi connectivity index (χ0) is 17.9. The Balaban J connectivity index is 0.00000243. The van der Waals surface area contributed by atoms with Crippen LogP contribution in [0.5, 0.6) is 0 Å². The first-order valence-corrected chi connectivity index (χ1v) is 8.72. The third-order valence-electron chi connectivity index (χ3n) is 3.91.